The topological polar surface area (TPSA) is 163 Å². The third kappa shape index (κ3) is 4.82. The maximum Gasteiger partial charge on any atom is 0.305 e. The van der Waals surface area contributed by atoms with Gasteiger partial charge in [-0.25, -0.2) is 9.36 Å². The van der Waals surface area contributed by atoms with Gasteiger partial charge in [-0.2, -0.15) is 5.26 Å². The average molecular weight is 493 g/mol. The van der Waals surface area contributed by atoms with Crippen molar-refractivity contribution in [1.29, 1.82) is 5.26 Å². The number of carboxylic acids is 1. The Labute approximate surface area is 207 Å². The lowest BCUT2D eigenvalue weighted by atomic mass is 10.1. The first kappa shape index (κ1) is 25.0. The Morgan fingerprint density at radius 3 is 2.83 bits per heavy atom. The van der Waals surface area contributed by atoms with Crippen molar-refractivity contribution < 1.29 is 9.90 Å². The molecule has 0 aliphatic carbocycles. The number of nitrogens with zero attached hydrogens (tertiary/aromatic N) is 6. The van der Waals surface area contributed by atoms with Crippen molar-refractivity contribution in [2.24, 2.45) is 5.73 Å². The minimum Gasteiger partial charge on any atom is -0.481 e. The number of hydrogen-bond donors (Lipinski definition) is 3. The number of rotatable bonds is 7. The Hall–Kier alpha value is -4.13. The number of carboxylic acid groups (broad SMARTS) is 1. The highest BCUT2D eigenvalue weighted by atomic mass is 16.4. The molecule has 2 aromatic rings. The quantitative estimate of drug-likeness (QED) is 0.440. The highest BCUT2D eigenvalue weighted by molar-refractivity contribution is 5.74. The molecule has 2 aromatic heterocycles. The van der Waals surface area contributed by atoms with Gasteiger partial charge in [0.25, 0.3) is 11.1 Å². The Morgan fingerprint density at radius 2 is 2.14 bits per heavy atom. The molecule has 1 fully saturated rings. The fourth-order valence-corrected chi connectivity index (χ4v) is 4.67. The number of anilines is 2. The third-order valence-corrected chi connectivity index (χ3v) is 6.38. The molecule has 0 amide bonds. The smallest absolute Gasteiger partial charge is 0.305 e. The molecule has 1 saturated heterocycles. The van der Waals surface area contributed by atoms with E-state index in [-0.39, 0.29) is 49.0 Å². The fraction of sp³-hybridized carbons (Fsp3) is 0.458. The van der Waals surface area contributed by atoms with E-state index in [1.54, 1.807) is 24.0 Å². The number of likely N-dealkylation sites (tertiary alicyclic amines) is 1. The number of pyridine rings is 1. The molecule has 2 aliphatic rings. The highest BCUT2D eigenvalue weighted by Crippen LogP contribution is 2.31. The number of fused-ring (bicyclic) bond motifs is 1. The Bertz CT molecular complexity index is 1380. The van der Waals surface area contributed by atoms with Crippen LogP contribution in [0.1, 0.15) is 37.4 Å². The summed E-state index contributed by atoms with van der Waals surface area (Å²) in [5.41, 5.74) is 5.99. The third-order valence-electron chi connectivity index (χ3n) is 6.38. The van der Waals surface area contributed by atoms with Crippen LogP contribution in [-0.2, 0) is 17.9 Å². The van der Waals surface area contributed by atoms with Crippen LogP contribution in [0.2, 0.25) is 0 Å². The normalized spacial score (nSPS) is 19.1. The van der Waals surface area contributed by atoms with Gasteiger partial charge in [-0.1, -0.05) is 5.92 Å². The van der Waals surface area contributed by atoms with Crippen molar-refractivity contribution in [3.05, 3.63) is 50.3 Å². The zero-order valence-corrected chi connectivity index (χ0v) is 20.0. The van der Waals surface area contributed by atoms with E-state index in [2.05, 4.69) is 27.0 Å². The molecular formula is C24H28N8O4. The van der Waals surface area contributed by atoms with Gasteiger partial charge in [-0.05, 0) is 31.9 Å². The van der Waals surface area contributed by atoms with Crippen LogP contribution in [0.15, 0.2) is 27.9 Å². The number of hydrogen-bond acceptors (Lipinski definition) is 9. The summed E-state index contributed by atoms with van der Waals surface area (Å²) in [6, 6.07) is 5.19. The van der Waals surface area contributed by atoms with Gasteiger partial charge in [-0.3, -0.25) is 24.3 Å². The molecule has 0 aromatic carbocycles. The molecule has 4 N–H and O–H groups in total. The number of aromatic nitrogens is 3. The predicted octanol–water partition coefficient (Wildman–Crippen LogP) is -0.238. The van der Waals surface area contributed by atoms with Crippen molar-refractivity contribution in [3.63, 3.8) is 0 Å². The number of nitrogens with one attached hydrogen (secondary N) is 1. The van der Waals surface area contributed by atoms with Crippen molar-refractivity contribution in [2.75, 3.05) is 29.9 Å². The molecule has 0 radical (unpaired) electrons. The molecule has 36 heavy (non-hydrogen) atoms. The van der Waals surface area contributed by atoms with Gasteiger partial charge in [0, 0.05) is 25.3 Å². The lowest BCUT2D eigenvalue weighted by Gasteiger charge is -2.39. The monoisotopic (exact) mass is 492 g/mol. The molecule has 4 heterocycles. The van der Waals surface area contributed by atoms with Crippen molar-refractivity contribution in [1.82, 2.24) is 19.2 Å². The van der Waals surface area contributed by atoms with Gasteiger partial charge in [0.15, 0.2) is 6.29 Å². The average Bonchev–Trinajstić information content (AvgIpc) is 3.25. The first-order chi connectivity index (χ1) is 17.3. The SMILES string of the molecule is CC#CCN1c2c(c(=O)n(CCC(=O)O)n(Cc3ncccc3C#N)c2=O)NC1N1CCCC(N)C1. The fourth-order valence-electron chi connectivity index (χ4n) is 4.67. The van der Waals surface area contributed by atoms with E-state index in [1.807, 2.05) is 6.07 Å². The number of piperidine rings is 1. The number of carbonyl (C=O) groups is 1. The van der Waals surface area contributed by atoms with Gasteiger partial charge < -0.3 is 21.1 Å². The van der Waals surface area contributed by atoms with E-state index in [9.17, 15) is 24.8 Å². The van der Waals surface area contributed by atoms with Crippen LogP contribution in [0, 0.1) is 23.2 Å². The Morgan fingerprint density at radius 1 is 1.33 bits per heavy atom. The second-order valence-electron chi connectivity index (χ2n) is 8.74. The minimum absolute atomic E-state index is 0.0270. The van der Waals surface area contributed by atoms with Gasteiger partial charge >= 0.3 is 5.97 Å². The summed E-state index contributed by atoms with van der Waals surface area (Å²) in [6.45, 7) is 2.83. The van der Waals surface area contributed by atoms with Crippen LogP contribution in [0.25, 0.3) is 0 Å². The van der Waals surface area contributed by atoms with E-state index >= 15 is 0 Å². The summed E-state index contributed by atoms with van der Waals surface area (Å²) in [7, 11) is 0. The van der Waals surface area contributed by atoms with Crippen molar-refractivity contribution in [3.8, 4) is 17.9 Å². The van der Waals surface area contributed by atoms with Crippen LogP contribution in [0.5, 0.6) is 0 Å². The summed E-state index contributed by atoms with van der Waals surface area (Å²) in [5.74, 6) is 4.72. The maximum atomic E-state index is 13.9. The van der Waals surface area contributed by atoms with Crippen LogP contribution in [0.3, 0.4) is 0 Å². The van der Waals surface area contributed by atoms with E-state index in [4.69, 9.17) is 5.73 Å². The first-order valence-electron chi connectivity index (χ1n) is 11.7. The molecule has 2 unspecified atom stereocenters. The second-order valence-corrected chi connectivity index (χ2v) is 8.74. The molecule has 188 valence electrons. The molecular weight excluding hydrogens is 464 g/mol. The number of nitriles is 1. The van der Waals surface area contributed by atoms with E-state index in [1.165, 1.54) is 10.9 Å². The zero-order valence-electron chi connectivity index (χ0n) is 20.0. The van der Waals surface area contributed by atoms with Crippen LogP contribution in [-0.4, -0.2) is 62.3 Å². The van der Waals surface area contributed by atoms with E-state index in [0.717, 1.165) is 24.1 Å². The summed E-state index contributed by atoms with van der Waals surface area (Å²) in [6.07, 6.45) is 2.41. The Kier molecular flexibility index (Phi) is 7.38. The second kappa shape index (κ2) is 10.6. The van der Waals surface area contributed by atoms with Gasteiger partial charge in [0.1, 0.15) is 17.4 Å². The molecule has 2 aliphatic heterocycles. The molecule has 0 saturated carbocycles. The molecule has 0 bridgehead atoms. The molecule has 12 nitrogen and oxygen atoms in total. The van der Waals surface area contributed by atoms with Crippen molar-refractivity contribution >= 4 is 17.3 Å². The summed E-state index contributed by atoms with van der Waals surface area (Å²) in [4.78, 5) is 47.0. The number of nitrogens with two attached hydrogens (primary N) is 1. The van der Waals surface area contributed by atoms with Crippen LogP contribution in [0.4, 0.5) is 11.4 Å². The maximum absolute atomic E-state index is 13.9. The van der Waals surface area contributed by atoms with E-state index < -0.39 is 23.4 Å². The summed E-state index contributed by atoms with van der Waals surface area (Å²) in [5, 5.41) is 21.9. The molecule has 12 heteroatoms. The molecule has 4 rings (SSSR count). The van der Waals surface area contributed by atoms with Crippen LogP contribution >= 0.6 is 0 Å². The lowest BCUT2D eigenvalue weighted by molar-refractivity contribution is -0.137. The van der Waals surface area contributed by atoms with Gasteiger partial charge in [-0.15, -0.1) is 5.92 Å². The largest absolute Gasteiger partial charge is 0.481 e. The van der Waals surface area contributed by atoms with E-state index in [0.29, 0.717) is 12.2 Å². The molecule has 0 spiro atoms. The molecule has 2 atom stereocenters. The lowest BCUT2D eigenvalue weighted by Crippen LogP contribution is -2.56. The standard InChI is InChI=1S/C24H28N8O4/c1-2-3-11-30-21-20(28-24(30)29-10-5-7-17(26)14-29)22(35)31(12-8-19(33)34)32(23(21)36)15-18-16(13-25)6-4-9-27-18/h4,6,9,17,24,28H,5,7-8,10-12,14-15,26H2,1H3,(H,33,34). The highest BCUT2D eigenvalue weighted by Gasteiger charge is 2.39. The zero-order chi connectivity index (χ0) is 25.8. The Balaban J connectivity index is 1.87. The number of aliphatic carboxylic acids is 1. The van der Waals surface area contributed by atoms with Gasteiger partial charge in [0.05, 0.1) is 37.3 Å². The van der Waals surface area contributed by atoms with Crippen LogP contribution < -0.4 is 27.1 Å². The van der Waals surface area contributed by atoms with Crippen molar-refractivity contribution in [2.45, 2.75) is 51.6 Å². The summed E-state index contributed by atoms with van der Waals surface area (Å²) < 4.78 is 2.29. The first-order valence-corrected chi connectivity index (χ1v) is 11.7. The minimum atomic E-state index is -1.11. The van der Waals surface area contributed by atoms with Gasteiger partial charge in [0.2, 0.25) is 0 Å². The predicted molar refractivity (Wildman–Crippen MR) is 132 cm³/mol. The summed E-state index contributed by atoms with van der Waals surface area (Å²) >= 11 is 0.